The van der Waals surface area contributed by atoms with Gasteiger partial charge in [0.1, 0.15) is 0 Å². The normalized spacial score (nSPS) is 35.6. The van der Waals surface area contributed by atoms with Crippen molar-refractivity contribution in [1.29, 1.82) is 0 Å². The van der Waals surface area contributed by atoms with Gasteiger partial charge in [0.15, 0.2) is 0 Å². The molecular weight excluding hydrogens is 252 g/mol. The molecule has 2 heterocycles. The quantitative estimate of drug-likeness (QED) is 0.818. The van der Waals surface area contributed by atoms with Crippen LogP contribution in [0.5, 0.6) is 0 Å². The van der Waals surface area contributed by atoms with E-state index in [0.717, 1.165) is 25.8 Å². The number of rotatable bonds is 3. The molecule has 0 bridgehead atoms. The van der Waals surface area contributed by atoms with E-state index in [2.05, 4.69) is 5.32 Å². The zero-order valence-electron chi connectivity index (χ0n) is 11.3. The summed E-state index contributed by atoms with van der Waals surface area (Å²) >= 11 is 0. The van der Waals surface area contributed by atoms with Crippen LogP contribution in [0.2, 0.25) is 0 Å². The van der Waals surface area contributed by atoms with Gasteiger partial charge in [0.25, 0.3) is 0 Å². The SMILES string of the molecule is CC1CN(S(=O)(=O)CC2CCCCN2)C(C)CO1. The molecular formula is C12H24N2O3S. The fourth-order valence-electron chi connectivity index (χ4n) is 2.68. The Hall–Kier alpha value is -0.170. The molecule has 0 aliphatic carbocycles. The number of piperidine rings is 1. The molecule has 0 aromatic carbocycles. The van der Waals surface area contributed by atoms with Crippen LogP contribution in [0.4, 0.5) is 0 Å². The van der Waals surface area contributed by atoms with E-state index >= 15 is 0 Å². The summed E-state index contributed by atoms with van der Waals surface area (Å²) in [7, 11) is -3.17. The molecule has 0 radical (unpaired) electrons. The maximum atomic E-state index is 12.4. The Morgan fingerprint density at radius 3 is 2.78 bits per heavy atom. The molecule has 0 saturated carbocycles. The van der Waals surface area contributed by atoms with Crippen molar-refractivity contribution < 1.29 is 13.2 Å². The zero-order chi connectivity index (χ0) is 13.2. The van der Waals surface area contributed by atoms with E-state index in [9.17, 15) is 8.42 Å². The van der Waals surface area contributed by atoms with Crippen LogP contribution < -0.4 is 5.32 Å². The van der Waals surface area contributed by atoms with Crippen molar-refractivity contribution in [1.82, 2.24) is 9.62 Å². The third kappa shape index (κ3) is 3.44. The minimum Gasteiger partial charge on any atom is -0.375 e. The topological polar surface area (TPSA) is 58.6 Å². The molecule has 2 rings (SSSR count). The van der Waals surface area contributed by atoms with E-state index in [1.807, 2.05) is 13.8 Å². The largest absolute Gasteiger partial charge is 0.375 e. The van der Waals surface area contributed by atoms with E-state index in [1.165, 1.54) is 0 Å². The van der Waals surface area contributed by atoms with Gasteiger partial charge in [-0.3, -0.25) is 0 Å². The molecule has 18 heavy (non-hydrogen) atoms. The highest BCUT2D eigenvalue weighted by molar-refractivity contribution is 7.89. The van der Waals surface area contributed by atoms with Crippen LogP contribution in [0.1, 0.15) is 33.1 Å². The highest BCUT2D eigenvalue weighted by atomic mass is 32.2. The predicted molar refractivity (Wildman–Crippen MR) is 71.0 cm³/mol. The van der Waals surface area contributed by atoms with Crippen molar-refractivity contribution in [3.63, 3.8) is 0 Å². The first-order valence-electron chi connectivity index (χ1n) is 6.83. The lowest BCUT2D eigenvalue weighted by atomic mass is 10.1. The van der Waals surface area contributed by atoms with Gasteiger partial charge >= 0.3 is 0 Å². The van der Waals surface area contributed by atoms with E-state index in [1.54, 1.807) is 4.31 Å². The van der Waals surface area contributed by atoms with Gasteiger partial charge in [-0.1, -0.05) is 6.42 Å². The monoisotopic (exact) mass is 276 g/mol. The molecule has 106 valence electrons. The molecule has 1 N–H and O–H groups in total. The first-order valence-corrected chi connectivity index (χ1v) is 8.44. The fourth-order valence-corrected chi connectivity index (χ4v) is 4.71. The van der Waals surface area contributed by atoms with Crippen molar-refractivity contribution in [2.45, 2.75) is 51.3 Å². The Labute approximate surface area is 110 Å². The first-order chi connectivity index (χ1) is 8.49. The molecule has 2 fully saturated rings. The summed E-state index contributed by atoms with van der Waals surface area (Å²) in [5, 5.41) is 3.30. The molecule has 0 spiro atoms. The number of hydrogen-bond acceptors (Lipinski definition) is 4. The Morgan fingerprint density at radius 2 is 2.11 bits per heavy atom. The summed E-state index contributed by atoms with van der Waals surface area (Å²) in [6.45, 7) is 5.76. The van der Waals surface area contributed by atoms with Crippen LogP contribution in [0.25, 0.3) is 0 Å². The minimum atomic E-state index is -3.17. The van der Waals surface area contributed by atoms with Crippen LogP contribution in [-0.2, 0) is 14.8 Å². The standard InChI is InChI=1S/C12H24N2O3S/c1-10-8-17-11(2)7-14(10)18(15,16)9-12-5-3-4-6-13-12/h10-13H,3-9H2,1-2H3. The average molecular weight is 276 g/mol. The Bertz CT molecular complexity index is 366. The maximum Gasteiger partial charge on any atom is 0.216 e. The lowest BCUT2D eigenvalue weighted by Crippen LogP contribution is -2.53. The Balaban J connectivity index is 2.00. The van der Waals surface area contributed by atoms with Gasteiger partial charge in [-0.05, 0) is 33.2 Å². The number of nitrogens with one attached hydrogen (secondary N) is 1. The van der Waals surface area contributed by atoms with Gasteiger partial charge in [0, 0.05) is 18.6 Å². The summed E-state index contributed by atoms with van der Waals surface area (Å²) in [4.78, 5) is 0. The van der Waals surface area contributed by atoms with Crippen LogP contribution in [0, 0.1) is 0 Å². The molecule has 2 saturated heterocycles. The fraction of sp³-hybridized carbons (Fsp3) is 1.00. The number of ether oxygens (including phenoxy) is 1. The van der Waals surface area contributed by atoms with E-state index in [-0.39, 0.29) is 23.9 Å². The molecule has 2 aliphatic rings. The van der Waals surface area contributed by atoms with Gasteiger partial charge in [-0.2, -0.15) is 4.31 Å². The zero-order valence-corrected chi connectivity index (χ0v) is 12.1. The van der Waals surface area contributed by atoms with Gasteiger partial charge in [-0.15, -0.1) is 0 Å². The number of sulfonamides is 1. The van der Waals surface area contributed by atoms with E-state index in [0.29, 0.717) is 13.2 Å². The second-order valence-corrected chi connectivity index (χ2v) is 7.45. The van der Waals surface area contributed by atoms with Gasteiger partial charge in [0.2, 0.25) is 10.0 Å². The lowest BCUT2D eigenvalue weighted by molar-refractivity contribution is -0.0171. The van der Waals surface area contributed by atoms with Crippen molar-refractivity contribution >= 4 is 10.0 Å². The van der Waals surface area contributed by atoms with E-state index in [4.69, 9.17) is 4.74 Å². The average Bonchev–Trinajstić information content (AvgIpc) is 2.33. The van der Waals surface area contributed by atoms with E-state index < -0.39 is 10.0 Å². The summed E-state index contributed by atoms with van der Waals surface area (Å²) < 4.78 is 32.0. The molecule has 0 aromatic rings. The molecule has 0 amide bonds. The van der Waals surface area contributed by atoms with Gasteiger partial charge in [-0.25, -0.2) is 8.42 Å². The molecule has 0 aromatic heterocycles. The molecule has 6 heteroatoms. The van der Waals surface area contributed by atoms with Crippen LogP contribution in [0.3, 0.4) is 0 Å². The molecule has 5 nitrogen and oxygen atoms in total. The minimum absolute atomic E-state index is 0.00436. The van der Waals surface area contributed by atoms with Crippen LogP contribution >= 0.6 is 0 Å². The van der Waals surface area contributed by atoms with Crippen molar-refractivity contribution in [3.05, 3.63) is 0 Å². The predicted octanol–water partition coefficient (Wildman–Crippen LogP) is 0.567. The summed E-state index contributed by atoms with van der Waals surface area (Å²) in [6.07, 6.45) is 3.24. The van der Waals surface area contributed by atoms with Gasteiger partial charge < -0.3 is 10.1 Å². The Kier molecular flexibility index (Phi) is 4.64. The van der Waals surface area contributed by atoms with Crippen LogP contribution in [-0.4, -0.2) is 56.4 Å². The number of hydrogen-bond donors (Lipinski definition) is 1. The molecule has 3 atom stereocenters. The highest BCUT2D eigenvalue weighted by Crippen LogP contribution is 2.18. The van der Waals surface area contributed by atoms with Crippen molar-refractivity contribution in [2.24, 2.45) is 0 Å². The number of nitrogens with zero attached hydrogens (tertiary/aromatic N) is 1. The maximum absolute atomic E-state index is 12.4. The third-order valence-corrected chi connectivity index (χ3v) is 5.78. The summed E-state index contributed by atoms with van der Waals surface area (Å²) in [6, 6.07) is 0.0730. The summed E-state index contributed by atoms with van der Waals surface area (Å²) in [5.41, 5.74) is 0. The van der Waals surface area contributed by atoms with Gasteiger partial charge in [0.05, 0.1) is 18.5 Å². The number of morpholine rings is 1. The smallest absolute Gasteiger partial charge is 0.216 e. The third-order valence-electron chi connectivity index (χ3n) is 3.73. The molecule has 2 aliphatic heterocycles. The highest BCUT2D eigenvalue weighted by Gasteiger charge is 2.34. The second-order valence-electron chi connectivity index (χ2n) is 5.49. The van der Waals surface area contributed by atoms with Crippen LogP contribution in [0.15, 0.2) is 0 Å². The second kappa shape index (κ2) is 5.86. The molecule has 3 unspecified atom stereocenters. The van der Waals surface area contributed by atoms with Crippen molar-refractivity contribution in [3.8, 4) is 0 Å². The first kappa shape index (κ1) is 14.2. The Morgan fingerprint density at radius 1 is 1.33 bits per heavy atom. The lowest BCUT2D eigenvalue weighted by Gasteiger charge is -2.37. The summed E-state index contributed by atoms with van der Waals surface area (Å²) in [5.74, 6) is 0.226. The van der Waals surface area contributed by atoms with Crippen molar-refractivity contribution in [2.75, 3.05) is 25.4 Å².